The second-order valence-corrected chi connectivity index (χ2v) is 7.79. The molecule has 0 bridgehead atoms. The van der Waals surface area contributed by atoms with Gasteiger partial charge in [0, 0.05) is 23.2 Å². The van der Waals surface area contributed by atoms with Crippen molar-refractivity contribution in [2.75, 3.05) is 25.0 Å². The van der Waals surface area contributed by atoms with Gasteiger partial charge in [-0.2, -0.15) is 0 Å². The molecule has 1 aromatic heterocycles. The molecule has 0 saturated carbocycles. The number of fused-ring (bicyclic) bond motifs is 1. The fraction of sp³-hybridized carbons (Fsp3) is 0.400. The van der Waals surface area contributed by atoms with Crippen molar-refractivity contribution in [3.05, 3.63) is 51.2 Å². The summed E-state index contributed by atoms with van der Waals surface area (Å²) in [5.74, 6) is -0.324. The van der Waals surface area contributed by atoms with Crippen LogP contribution in [0.25, 0.3) is 0 Å². The van der Waals surface area contributed by atoms with Crippen LogP contribution < -0.4 is 10.6 Å². The first-order valence-corrected chi connectivity index (χ1v) is 9.76. The van der Waals surface area contributed by atoms with Gasteiger partial charge in [0.15, 0.2) is 0 Å². The van der Waals surface area contributed by atoms with E-state index < -0.39 is 0 Å². The summed E-state index contributed by atoms with van der Waals surface area (Å²) in [7, 11) is 0. The third kappa shape index (κ3) is 4.14. The highest BCUT2D eigenvalue weighted by atomic mass is 32.1. The van der Waals surface area contributed by atoms with Crippen molar-refractivity contribution in [1.29, 1.82) is 0 Å². The maximum Gasteiger partial charge on any atom is 0.243 e. The van der Waals surface area contributed by atoms with Crippen molar-refractivity contribution in [3.63, 3.8) is 0 Å². The Morgan fingerprint density at radius 3 is 2.65 bits per heavy atom. The highest BCUT2D eigenvalue weighted by Gasteiger charge is 2.26. The average Bonchev–Trinajstić information content (AvgIpc) is 3.08. The number of carbonyl (C=O) groups excluding carboxylic acids is 2. The molecule has 0 unspecified atom stereocenters. The Kier molecular flexibility index (Phi) is 5.74. The molecule has 138 valence electrons. The molecule has 0 radical (unpaired) electrons. The van der Waals surface area contributed by atoms with E-state index in [0.717, 1.165) is 29.8 Å². The molecule has 0 fully saturated rings. The van der Waals surface area contributed by atoms with Gasteiger partial charge in [-0.1, -0.05) is 18.2 Å². The predicted molar refractivity (Wildman–Crippen MR) is 106 cm³/mol. The molecule has 1 aliphatic rings. The molecule has 0 saturated heterocycles. The van der Waals surface area contributed by atoms with E-state index in [2.05, 4.69) is 33.9 Å². The van der Waals surface area contributed by atoms with E-state index in [1.807, 2.05) is 32.0 Å². The van der Waals surface area contributed by atoms with Gasteiger partial charge in [-0.25, -0.2) is 0 Å². The van der Waals surface area contributed by atoms with Crippen LogP contribution in [-0.4, -0.2) is 36.3 Å². The second kappa shape index (κ2) is 8.01. The maximum absolute atomic E-state index is 12.3. The zero-order chi connectivity index (χ0) is 18.7. The molecule has 0 aliphatic carbocycles. The minimum Gasteiger partial charge on any atom is -0.346 e. The number of hydrogen-bond donors (Lipinski definition) is 2. The minimum atomic E-state index is -0.206. The van der Waals surface area contributed by atoms with Gasteiger partial charge in [-0.05, 0) is 55.3 Å². The van der Waals surface area contributed by atoms with Crippen LogP contribution in [0.15, 0.2) is 29.6 Å². The average molecular weight is 372 g/mol. The number of amides is 2. The first kappa shape index (κ1) is 18.6. The molecular formula is C20H25N3O2S. The number of benzene rings is 1. The lowest BCUT2D eigenvalue weighted by Gasteiger charge is -2.32. The van der Waals surface area contributed by atoms with Gasteiger partial charge in [0.25, 0.3) is 0 Å². The lowest BCUT2D eigenvalue weighted by Crippen LogP contribution is -2.43. The van der Waals surface area contributed by atoms with Crippen molar-refractivity contribution in [3.8, 4) is 0 Å². The highest BCUT2D eigenvalue weighted by molar-refractivity contribution is 7.10. The number of nitrogens with zero attached hydrogens (tertiary/aromatic N) is 1. The molecule has 2 heterocycles. The van der Waals surface area contributed by atoms with Crippen molar-refractivity contribution in [2.24, 2.45) is 0 Å². The van der Waals surface area contributed by atoms with Gasteiger partial charge in [-0.3, -0.25) is 14.5 Å². The Morgan fingerprint density at radius 1 is 1.19 bits per heavy atom. The van der Waals surface area contributed by atoms with Gasteiger partial charge in [0.2, 0.25) is 11.8 Å². The summed E-state index contributed by atoms with van der Waals surface area (Å²) in [5.41, 5.74) is 4.17. The van der Waals surface area contributed by atoms with Crippen LogP contribution in [0.4, 0.5) is 5.69 Å². The molecule has 5 nitrogen and oxygen atoms in total. The summed E-state index contributed by atoms with van der Waals surface area (Å²) in [6.45, 7) is 7.21. The molecule has 1 aliphatic heterocycles. The number of rotatable bonds is 5. The van der Waals surface area contributed by atoms with Crippen molar-refractivity contribution in [2.45, 2.75) is 33.2 Å². The molecule has 2 N–H and O–H groups in total. The number of hydrogen-bond acceptors (Lipinski definition) is 4. The lowest BCUT2D eigenvalue weighted by atomic mass is 10.0. The molecule has 1 atom stereocenters. The number of aryl methyl sites for hydroxylation is 2. The molecule has 6 heteroatoms. The van der Waals surface area contributed by atoms with E-state index in [1.165, 1.54) is 10.4 Å². The van der Waals surface area contributed by atoms with E-state index in [1.54, 1.807) is 11.3 Å². The number of carbonyl (C=O) groups is 2. The quantitative estimate of drug-likeness (QED) is 0.849. The zero-order valence-electron chi connectivity index (χ0n) is 15.5. The van der Waals surface area contributed by atoms with Crippen LogP contribution in [-0.2, 0) is 16.0 Å². The van der Waals surface area contributed by atoms with Crippen LogP contribution in [0.5, 0.6) is 0 Å². The minimum absolute atomic E-state index is 0.0153. The Morgan fingerprint density at radius 2 is 1.92 bits per heavy atom. The molecule has 2 aromatic rings. The van der Waals surface area contributed by atoms with Gasteiger partial charge in [0.05, 0.1) is 13.1 Å². The monoisotopic (exact) mass is 371 g/mol. The first-order valence-electron chi connectivity index (χ1n) is 8.88. The topological polar surface area (TPSA) is 61.4 Å². The summed E-state index contributed by atoms with van der Waals surface area (Å²) >= 11 is 1.79. The van der Waals surface area contributed by atoms with E-state index in [-0.39, 0.29) is 24.4 Å². The van der Waals surface area contributed by atoms with Gasteiger partial charge < -0.3 is 10.6 Å². The predicted octanol–water partition coefficient (Wildman–Crippen LogP) is 3.04. The van der Waals surface area contributed by atoms with Gasteiger partial charge >= 0.3 is 0 Å². The van der Waals surface area contributed by atoms with Gasteiger partial charge in [-0.15, -0.1) is 11.3 Å². The van der Waals surface area contributed by atoms with Crippen LogP contribution in [0.2, 0.25) is 0 Å². The van der Waals surface area contributed by atoms with E-state index in [4.69, 9.17) is 0 Å². The van der Waals surface area contributed by atoms with Crippen molar-refractivity contribution >= 4 is 28.8 Å². The van der Waals surface area contributed by atoms with Gasteiger partial charge in [0.1, 0.15) is 0 Å². The number of nitrogens with one attached hydrogen (secondary N) is 2. The second-order valence-electron chi connectivity index (χ2n) is 6.79. The maximum atomic E-state index is 12.3. The third-order valence-electron chi connectivity index (χ3n) is 4.94. The molecule has 3 rings (SSSR count). The smallest absolute Gasteiger partial charge is 0.243 e. The summed E-state index contributed by atoms with van der Waals surface area (Å²) in [5, 5.41) is 7.74. The summed E-state index contributed by atoms with van der Waals surface area (Å²) in [6, 6.07) is 8.25. The number of para-hydroxylation sites is 1. The lowest BCUT2D eigenvalue weighted by molar-refractivity contribution is -0.125. The standard InChI is InChI=1S/C20H25N3O2S/c1-13-5-4-6-14(2)20(13)22-18(24)11-21-19(25)12-23-9-7-17-16(15(23)3)8-10-26-17/h4-6,8,10,15H,7,9,11-12H2,1-3H3,(H,21,25)(H,22,24)/t15-/m0/s1. The SMILES string of the molecule is Cc1cccc(C)c1NC(=O)CNC(=O)CN1CCc2sccc2[C@@H]1C. The van der Waals surface area contributed by atoms with Crippen LogP contribution >= 0.6 is 11.3 Å². The summed E-state index contributed by atoms with van der Waals surface area (Å²) in [6.07, 6.45) is 0.984. The first-order chi connectivity index (χ1) is 12.5. The highest BCUT2D eigenvalue weighted by Crippen LogP contribution is 2.32. The van der Waals surface area contributed by atoms with Crippen LogP contribution in [0, 0.1) is 13.8 Å². The van der Waals surface area contributed by atoms with Crippen molar-refractivity contribution < 1.29 is 9.59 Å². The normalized spacial score (nSPS) is 16.8. The number of thiophene rings is 1. The van der Waals surface area contributed by atoms with E-state index >= 15 is 0 Å². The summed E-state index contributed by atoms with van der Waals surface area (Å²) < 4.78 is 0. The Hall–Kier alpha value is -2.18. The van der Waals surface area contributed by atoms with E-state index in [0.29, 0.717) is 6.54 Å². The molecule has 26 heavy (non-hydrogen) atoms. The van der Waals surface area contributed by atoms with Crippen LogP contribution in [0.3, 0.4) is 0 Å². The third-order valence-corrected chi connectivity index (χ3v) is 5.94. The summed E-state index contributed by atoms with van der Waals surface area (Å²) in [4.78, 5) is 28.0. The van der Waals surface area contributed by atoms with E-state index in [9.17, 15) is 9.59 Å². The number of anilines is 1. The van der Waals surface area contributed by atoms with Crippen LogP contribution in [0.1, 0.15) is 34.5 Å². The fourth-order valence-electron chi connectivity index (χ4n) is 3.39. The molecular weight excluding hydrogens is 346 g/mol. The fourth-order valence-corrected chi connectivity index (χ4v) is 4.35. The molecule has 1 aromatic carbocycles. The Labute approximate surface area is 158 Å². The largest absolute Gasteiger partial charge is 0.346 e. The molecule has 2 amide bonds. The molecule has 0 spiro atoms. The Bertz CT molecular complexity index is 795. The Balaban J connectivity index is 1.49. The van der Waals surface area contributed by atoms with Crippen molar-refractivity contribution in [1.82, 2.24) is 10.2 Å². The zero-order valence-corrected chi connectivity index (χ0v) is 16.3.